The normalized spacial score (nSPS) is 15.8. The molecule has 1 N–H and O–H groups in total. The van der Waals surface area contributed by atoms with Gasteiger partial charge in [-0.1, -0.05) is 18.2 Å². The van der Waals surface area contributed by atoms with E-state index in [4.69, 9.17) is 10.00 Å². The number of hydrogen-bond acceptors (Lipinski definition) is 4. The maximum atomic E-state index is 9.13. The molecule has 0 bridgehead atoms. The topological polar surface area (TPSA) is 57.9 Å². The number of fused-ring (bicyclic) bond motifs is 1. The van der Waals surface area contributed by atoms with Crippen molar-refractivity contribution < 1.29 is 4.74 Å². The van der Waals surface area contributed by atoms with E-state index in [1.165, 1.54) is 0 Å². The third-order valence-electron chi connectivity index (χ3n) is 3.40. The van der Waals surface area contributed by atoms with Crippen LogP contribution in [0.5, 0.6) is 5.75 Å². The Bertz CT molecular complexity index is 658. The molecule has 1 fully saturated rings. The lowest BCUT2D eigenvalue weighted by atomic mass is 10.2. The Morgan fingerprint density at radius 1 is 1.40 bits per heavy atom. The van der Waals surface area contributed by atoms with Crippen molar-refractivity contribution in [2.45, 2.75) is 31.8 Å². The maximum Gasteiger partial charge on any atom is 0.145 e. The quantitative estimate of drug-likeness (QED) is 0.904. The SMILES string of the molecule is Cc1ccc2cccc(OCC(C#N)NC3CC3)c2n1. The first-order chi connectivity index (χ1) is 9.76. The summed E-state index contributed by atoms with van der Waals surface area (Å²) in [7, 11) is 0. The van der Waals surface area contributed by atoms with Crippen LogP contribution in [0.25, 0.3) is 10.9 Å². The lowest BCUT2D eigenvalue weighted by molar-refractivity contribution is 0.291. The standard InChI is InChI=1S/C16H17N3O/c1-11-5-6-12-3-2-4-15(16(12)18-11)20-10-14(9-17)19-13-7-8-13/h2-6,13-14,19H,7-8,10H2,1H3. The number of aromatic nitrogens is 1. The van der Waals surface area contributed by atoms with Gasteiger partial charge in [-0.25, -0.2) is 4.98 Å². The molecule has 1 saturated carbocycles. The predicted molar refractivity (Wildman–Crippen MR) is 77.5 cm³/mol. The van der Waals surface area contributed by atoms with Crippen LogP contribution in [0.15, 0.2) is 30.3 Å². The summed E-state index contributed by atoms with van der Waals surface area (Å²) in [5.41, 5.74) is 1.82. The zero-order valence-electron chi connectivity index (χ0n) is 11.5. The fourth-order valence-corrected chi connectivity index (χ4v) is 2.16. The highest BCUT2D eigenvalue weighted by Gasteiger charge is 2.24. The van der Waals surface area contributed by atoms with Gasteiger partial charge >= 0.3 is 0 Å². The van der Waals surface area contributed by atoms with Gasteiger partial charge in [0.2, 0.25) is 0 Å². The van der Waals surface area contributed by atoms with Crippen molar-refractivity contribution in [1.29, 1.82) is 5.26 Å². The largest absolute Gasteiger partial charge is 0.489 e. The highest BCUT2D eigenvalue weighted by molar-refractivity contribution is 5.84. The molecule has 1 aromatic heterocycles. The second-order valence-electron chi connectivity index (χ2n) is 5.21. The molecule has 1 aliphatic rings. The Hall–Kier alpha value is -2.12. The molecule has 1 aliphatic carbocycles. The second kappa shape index (κ2) is 5.48. The predicted octanol–water partition coefficient (Wildman–Crippen LogP) is 2.57. The Kier molecular flexibility index (Phi) is 3.53. The molecule has 0 saturated heterocycles. The summed E-state index contributed by atoms with van der Waals surface area (Å²) in [6.45, 7) is 2.31. The number of benzene rings is 1. The molecule has 1 unspecified atom stereocenters. The zero-order chi connectivity index (χ0) is 13.9. The first-order valence-corrected chi connectivity index (χ1v) is 6.91. The van der Waals surface area contributed by atoms with Crippen LogP contribution in [0.1, 0.15) is 18.5 Å². The van der Waals surface area contributed by atoms with Crippen LogP contribution < -0.4 is 10.1 Å². The molecule has 102 valence electrons. The first kappa shape index (κ1) is 12.9. The summed E-state index contributed by atoms with van der Waals surface area (Å²) in [4.78, 5) is 4.52. The smallest absolute Gasteiger partial charge is 0.145 e. The van der Waals surface area contributed by atoms with Crippen molar-refractivity contribution in [2.24, 2.45) is 0 Å². The maximum absolute atomic E-state index is 9.13. The van der Waals surface area contributed by atoms with Gasteiger partial charge in [-0.15, -0.1) is 0 Å². The summed E-state index contributed by atoms with van der Waals surface area (Å²) in [5.74, 6) is 0.740. The third kappa shape index (κ3) is 2.89. The van der Waals surface area contributed by atoms with Crippen LogP contribution in [-0.4, -0.2) is 23.7 Å². The van der Waals surface area contributed by atoms with Crippen LogP contribution in [0.4, 0.5) is 0 Å². The number of rotatable bonds is 5. The number of aryl methyl sites for hydroxylation is 1. The molecule has 4 heteroatoms. The van der Waals surface area contributed by atoms with Crippen LogP contribution in [0.2, 0.25) is 0 Å². The zero-order valence-corrected chi connectivity index (χ0v) is 11.5. The van der Waals surface area contributed by atoms with Gasteiger partial charge in [0, 0.05) is 17.1 Å². The molecule has 3 rings (SSSR count). The number of nitrogens with one attached hydrogen (secondary N) is 1. The highest BCUT2D eigenvalue weighted by atomic mass is 16.5. The van der Waals surface area contributed by atoms with Gasteiger partial charge in [-0.2, -0.15) is 5.26 Å². The number of nitriles is 1. The summed E-state index contributed by atoms with van der Waals surface area (Å²) in [5, 5.41) is 13.4. The molecule has 4 nitrogen and oxygen atoms in total. The Labute approximate surface area is 118 Å². The Balaban J connectivity index is 1.76. The second-order valence-corrected chi connectivity index (χ2v) is 5.21. The minimum Gasteiger partial charge on any atom is -0.489 e. The van der Waals surface area contributed by atoms with Gasteiger partial charge in [0.1, 0.15) is 23.9 Å². The fraction of sp³-hybridized carbons (Fsp3) is 0.375. The van der Waals surface area contributed by atoms with E-state index in [-0.39, 0.29) is 6.04 Å². The lowest BCUT2D eigenvalue weighted by Gasteiger charge is -2.13. The van der Waals surface area contributed by atoms with Crippen LogP contribution in [0, 0.1) is 18.3 Å². The Morgan fingerprint density at radius 3 is 3.00 bits per heavy atom. The third-order valence-corrected chi connectivity index (χ3v) is 3.40. The van der Waals surface area contributed by atoms with Crippen LogP contribution >= 0.6 is 0 Å². The van der Waals surface area contributed by atoms with Gasteiger partial charge < -0.3 is 4.74 Å². The van der Waals surface area contributed by atoms with E-state index in [2.05, 4.69) is 16.4 Å². The van der Waals surface area contributed by atoms with E-state index in [1.54, 1.807) is 0 Å². The van der Waals surface area contributed by atoms with Gasteiger partial charge in [0.15, 0.2) is 0 Å². The van der Waals surface area contributed by atoms with Crippen molar-refractivity contribution in [2.75, 3.05) is 6.61 Å². The van der Waals surface area contributed by atoms with E-state index in [0.717, 1.165) is 35.2 Å². The van der Waals surface area contributed by atoms with Crippen LogP contribution in [-0.2, 0) is 0 Å². The van der Waals surface area contributed by atoms with Crippen molar-refractivity contribution >= 4 is 10.9 Å². The van der Waals surface area contributed by atoms with E-state index in [9.17, 15) is 0 Å². The summed E-state index contributed by atoms with van der Waals surface area (Å²) in [6, 6.07) is 12.4. The van der Waals surface area contributed by atoms with E-state index < -0.39 is 0 Å². The minimum atomic E-state index is -0.262. The number of nitrogens with zero attached hydrogens (tertiary/aromatic N) is 2. The molecule has 2 aromatic rings. The van der Waals surface area contributed by atoms with Crippen molar-refractivity contribution in [3.05, 3.63) is 36.0 Å². The average molecular weight is 267 g/mol. The van der Waals surface area contributed by atoms with Gasteiger partial charge in [-0.05, 0) is 31.9 Å². The van der Waals surface area contributed by atoms with E-state index >= 15 is 0 Å². The van der Waals surface area contributed by atoms with Gasteiger partial charge in [0.05, 0.1) is 6.07 Å². The van der Waals surface area contributed by atoms with E-state index in [1.807, 2.05) is 37.3 Å². The van der Waals surface area contributed by atoms with Crippen LogP contribution in [0.3, 0.4) is 0 Å². The molecule has 1 atom stereocenters. The molecule has 1 heterocycles. The molecule has 20 heavy (non-hydrogen) atoms. The fourth-order valence-electron chi connectivity index (χ4n) is 2.16. The highest BCUT2D eigenvalue weighted by Crippen LogP contribution is 2.24. The summed E-state index contributed by atoms with van der Waals surface area (Å²) >= 11 is 0. The summed E-state index contributed by atoms with van der Waals surface area (Å²) in [6.07, 6.45) is 2.32. The van der Waals surface area contributed by atoms with Gasteiger partial charge in [0.25, 0.3) is 0 Å². The molecule has 0 spiro atoms. The molecular formula is C16H17N3O. The minimum absolute atomic E-state index is 0.262. The molecule has 0 aliphatic heterocycles. The van der Waals surface area contributed by atoms with E-state index in [0.29, 0.717) is 12.6 Å². The average Bonchev–Trinajstić information content (AvgIpc) is 3.27. The molecule has 1 aromatic carbocycles. The molecular weight excluding hydrogens is 250 g/mol. The number of ether oxygens (including phenoxy) is 1. The number of pyridine rings is 1. The van der Waals surface area contributed by atoms with Crippen molar-refractivity contribution in [1.82, 2.24) is 10.3 Å². The van der Waals surface area contributed by atoms with Gasteiger partial charge in [-0.3, -0.25) is 5.32 Å². The lowest BCUT2D eigenvalue weighted by Crippen LogP contribution is -2.34. The number of para-hydroxylation sites is 1. The first-order valence-electron chi connectivity index (χ1n) is 6.91. The Morgan fingerprint density at radius 2 is 2.25 bits per heavy atom. The van der Waals surface area contributed by atoms with Crippen molar-refractivity contribution in [3.8, 4) is 11.8 Å². The monoisotopic (exact) mass is 267 g/mol. The molecule has 0 radical (unpaired) electrons. The molecule has 0 amide bonds. The van der Waals surface area contributed by atoms with Crippen molar-refractivity contribution in [3.63, 3.8) is 0 Å². The summed E-state index contributed by atoms with van der Waals surface area (Å²) < 4.78 is 5.81. The number of hydrogen-bond donors (Lipinski definition) is 1.